The summed E-state index contributed by atoms with van der Waals surface area (Å²) in [6.07, 6.45) is -1.91. The van der Waals surface area contributed by atoms with Gasteiger partial charge in [0.1, 0.15) is 5.66 Å². The molecule has 8 bridgehead atoms. The largest absolute Gasteiger partial charge is 2.00 e. The quantitative estimate of drug-likeness (QED) is 0.155. The Balaban J connectivity index is 0.00000374. The number of carbonyl (C=O) groups is 8. The third-order valence-corrected chi connectivity index (χ3v) is 14.6. The van der Waals surface area contributed by atoms with Crippen molar-refractivity contribution in [2.75, 3.05) is 0 Å². The SMILES string of the molecule is CC1(CC(N)=O)C2=NC(CC34N=C(/C=C5\[N-]/C(=C6/C(=O)CCC7C6=NC(C2)C7CC(=O)[O-])C(CCC(=O)[O-])C5CC(=O)[O-])C(CCC(=O)[O-])C3(C)CC(=O)N4)C1CCC(=O)[O-].[H+].[H+].[H+].[H+].[H+].[Ni+2]. The molecule has 19 nitrogen and oxygen atoms in total. The third kappa shape index (κ3) is 8.21. The Labute approximate surface area is 373 Å². The first kappa shape index (κ1) is 46.3. The van der Waals surface area contributed by atoms with Crippen LogP contribution in [0, 0.1) is 46.3 Å². The van der Waals surface area contributed by atoms with Gasteiger partial charge in [-0.05, 0) is 81.5 Å². The van der Waals surface area contributed by atoms with Gasteiger partial charge < -0.3 is 65.9 Å². The fourth-order valence-electron chi connectivity index (χ4n) is 11.9. The number of allylic oxidation sites excluding steroid dienone is 4. The minimum atomic E-state index is -1.53. The van der Waals surface area contributed by atoms with Gasteiger partial charge in [0.05, 0.1) is 12.1 Å². The second kappa shape index (κ2) is 17.1. The Kier molecular flexibility index (Phi) is 12.8. The molecule has 3 N–H and O–H groups in total. The fraction of sp³-hybridized carbons (Fsp3) is 0.643. The minimum Gasteiger partial charge on any atom is -0.664 e. The molecule has 11 atom stereocenters. The Morgan fingerprint density at radius 3 is 2.15 bits per heavy atom. The molecule has 7 rings (SSSR count). The number of aliphatic imine (C=N–C) groups is 3. The van der Waals surface area contributed by atoms with Crippen molar-refractivity contribution >= 4 is 64.6 Å². The predicted molar refractivity (Wildman–Crippen MR) is 206 cm³/mol. The van der Waals surface area contributed by atoms with E-state index in [1.54, 1.807) is 13.8 Å². The van der Waals surface area contributed by atoms with Gasteiger partial charge in [-0.15, -0.1) is 5.70 Å². The number of nitrogens with zero attached hydrogens (tertiary/aromatic N) is 4. The van der Waals surface area contributed by atoms with E-state index >= 15 is 0 Å². The van der Waals surface area contributed by atoms with Crippen LogP contribution in [0.1, 0.15) is 111 Å². The average Bonchev–Trinajstić information content (AvgIpc) is 3.83. The molecule has 20 heteroatoms. The maximum Gasteiger partial charge on any atom is 2.00 e. The molecule has 0 aromatic rings. The van der Waals surface area contributed by atoms with E-state index in [0.717, 1.165) is 0 Å². The van der Waals surface area contributed by atoms with E-state index in [1.807, 2.05) is 0 Å². The number of carboxylic acids is 5. The summed E-state index contributed by atoms with van der Waals surface area (Å²) in [5, 5.41) is 68.6. The van der Waals surface area contributed by atoms with Crippen molar-refractivity contribution in [3.8, 4) is 0 Å². The Hall–Kier alpha value is -5.26. The van der Waals surface area contributed by atoms with Gasteiger partial charge >= 0.3 is 23.6 Å². The van der Waals surface area contributed by atoms with Gasteiger partial charge in [-0.2, -0.15) is 5.70 Å². The summed E-state index contributed by atoms with van der Waals surface area (Å²) in [6.45, 7) is 3.48. The smallest absolute Gasteiger partial charge is 0.664 e. The van der Waals surface area contributed by atoms with Crippen molar-refractivity contribution in [3.05, 3.63) is 28.4 Å². The topological polar surface area (TPSA) is 341 Å². The molecular formula is C42H51N6NiO13+. The summed E-state index contributed by atoms with van der Waals surface area (Å²) in [4.78, 5) is 117. The zero-order chi connectivity index (χ0) is 44.3. The normalized spacial score (nSPS) is 37.4. The van der Waals surface area contributed by atoms with Crippen molar-refractivity contribution in [1.29, 1.82) is 0 Å². The van der Waals surface area contributed by atoms with E-state index in [9.17, 15) is 63.9 Å². The molecule has 336 valence electrons. The van der Waals surface area contributed by atoms with Crippen LogP contribution in [0.25, 0.3) is 5.32 Å². The van der Waals surface area contributed by atoms with Gasteiger partial charge in [0.2, 0.25) is 11.8 Å². The maximum absolute atomic E-state index is 14.2. The standard InChI is InChI=1S/C42H52N6O13.Ni/c1-40(16-30(43)50)22(5-9-33(54)55)27-15-42-41(2,17-31(51)48-42)23(6-10-34(56)57)26(47-42)13-24-20(11-35(58)59)19(4-8-32(52)53)39(45-24)37-28(49)7-3-18-21(12-36(60)61)25(46-38(18)37)14-29(40)44-27;/h13,18-23,25,27H,3-12,14-17H2,1-2H3,(H9,43,45,46,47,48,49,50,51,52,53,54,55,56,57,58,59,60,61);/q;+2/p-1. The van der Waals surface area contributed by atoms with Gasteiger partial charge in [0.15, 0.2) is 5.78 Å². The van der Waals surface area contributed by atoms with E-state index in [0.29, 0.717) is 5.71 Å². The Morgan fingerprint density at radius 1 is 0.871 bits per heavy atom. The molecule has 62 heavy (non-hydrogen) atoms. The van der Waals surface area contributed by atoms with Crippen LogP contribution in [0.5, 0.6) is 0 Å². The van der Waals surface area contributed by atoms with E-state index in [2.05, 4.69) is 5.32 Å². The molecule has 0 aromatic heterocycles. The number of hydrogen-bond acceptors (Lipinski definition) is 16. The summed E-state index contributed by atoms with van der Waals surface area (Å²) in [5.74, 6) is -13.7. The van der Waals surface area contributed by atoms with Crippen LogP contribution in [0.3, 0.4) is 0 Å². The number of fused-ring (bicyclic) bond motifs is 4. The summed E-state index contributed by atoms with van der Waals surface area (Å²) >= 11 is 0. The van der Waals surface area contributed by atoms with Crippen molar-refractivity contribution in [3.63, 3.8) is 0 Å². The first-order chi connectivity index (χ1) is 28.7. The number of ketones is 1. The third-order valence-electron chi connectivity index (χ3n) is 14.6. The molecule has 11 unspecified atom stereocenters. The number of amides is 2. The average molecular weight is 907 g/mol. The monoisotopic (exact) mass is 905 g/mol. The summed E-state index contributed by atoms with van der Waals surface area (Å²) in [5.41, 5.74) is 2.93. The molecule has 1 aliphatic carbocycles. The second-order valence-corrected chi connectivity index (χ2v) is 18.2. The second-order valence-electron chi connectivity index (χ2n) is 18.2. The van der Waals surface area contributed by atoms with Crippen LogP contribution in [0.4, 0.5) is 0 Å². The number of Topliss-reactive ketones (excluding diaryl/α,β-unsaturated/α-hetero) is 1. The van der Waals surface area contributed by atoms with E-state index in [4.69, 9.17) is 26.0 Å². The van der Waals surface area contributed by atoms with Crippen molar-refractivity contribution in [2.24, 2.45) is 67.0 Å². The van der Waals surface area contributed by atoms with Gasteiger partial charge in [-0.1, -0.05) is 19.9 Å². The van der Waals surface area contributed by atoms with Crippen LogP contribution in [-0.2, 0) is 54.8 Å². The molecule has 7 aliphatic rings. The number of nitrogens with one attached hydrogen (secondary N) is 1. The predicted octanol–water partition coefficient (Wildman–Crippen LogP) is -3.00. The molecule has 0 aromatic carbocycles. The number of primary amides is 1. The first-order valence-corrected chi connectivity index (χ1v) is 20.7. The number of nitrogens with two attached hydrogens (primary N) is 1. The number of aliphatic carboxylic acids is 5. The van der Waals surface area contributed by atoms with Crippen LogP contribution in [-0.4, -0.2) is 82.3 Å². The van der Waals surface area contributed by atoms with Crippen molar-refractivity contribution in [2.45, 2.75) is 121 Å². The molecule has 0 radical (unpaired) electrons. The molecule has 3 fully saturated rings. The van der Waals surface area contributed by atoms with E-state index < -0.39 is 144 Å². The number of hydrogen-bond donors (Lipinski definition) is 2. The van der Waals surface area contributed by atoms with Crippen LogP contribution < -0.4 is 36.6 Å². The molecule has 2 amide bonds. The minimum absolute atomic E-state index is 0. The van der Waals surface area contributed by atoms with Crippen molar-refractivity contribution < 1.29 is 87.5 Å². The number of rotatable bonds is 15. The maximum atomic E-state index is 14.2. The number of carboxylic acid groups (broad SMARTS) is 5. The summed E-state index contributed by atoms with van der Waals surface area (Å²) < 4.78 is 0. The number of carbonyl (C=O) groups excluding carboxylic acids is 8. The van der Waals surface area contributed by atoms with Gasteiger partial charge in [0.25, 0.3) is 0 Å². The van der Waals surface area contributed by atoms with Crippen LogP contribution in [0.15, 0.2) is 38.0 Å². The van der Waals surface area contributed by atoms with Crippen molar-refractivity contribution in [1.82, 2.24) is 5.32 Å². The molecule has 1 saturated carbocycles. The molecule has 6 aliphatic heterocycles. The van der Waals surface area contributed by atoms with E-state index in [-0.39, 0.29) is 110 Å². The zero-order valence-corrected chi connectivity index (χ0v) is 35.1. The van der Waals surface area contributed by atoms with Crippen LogP contribution in [0.2, 0.25) is 0 Å². The molecule has 1 spiro atoms. The fourth-order valence-corrected chi connectivity index (χ4v) is 11.9. The molecule has 2 saturated heterocycles. The van der Waals surface area contributed by atoms with Crippen LogP contribution >= 0.6 is 0 Å². The Morgan fingerprint density at radius 2 is 1.52 bits per heavy atom. The molecular weight excluding hydrogens is 855 g/mol. The first-order valence-electron chi connectivity index (χ1n) is 20.7. The van der Waals surface area contributed by atoms with E-state index in [1.165, 1.54) is 6.08 Å². The summed E-state index contributed by atoms with van der Waals surface area (Å²) in [6, 6.07) is -1.73. The molecule has 6 heterocycles. The van der Waals surface area contributed by atoms with Gasteiger partial charge in [0, 0.05) is 107 Å². The van der Waals surface area contributed by atoms with Gasteiger partial charge in [-0.3, -0.25) is 29.4 Å². The van der Waals surface area contributed by atoms with Gasteiger partial charge in [-0.25, -0.2) is 0 Å². The Bertz CT molecular complexity index is 2190. The summed E-state index contributed by atoms with van der Waals surface area (Å²) in [7, 11) is 0. The zero-order valence-electron chi connectivity index (χ0n) is 39.1.